The third kappa shape index (κ3) is 2.27. The first kappa shape index (κ1) is 14.4. The standard InChI is InChI=1S/C17H12ClNO3/c1-22-13-7-5-11(6-8-13)17(21)19-9-12(10-20)16-14(18)3-2-4-15(16)19/h2-10H,1H3. The largest absolute Gasteiger partial charge is 0.497 e. The van der Waals surface area contributed by atoms with Gasteiger partial charge < -0.3 is 4.74 Å². The molecule has 0 aliphatic rings. The number of carbonyl (C=O) groups is 2. The van der Waals surface area contributed by atoms with E-state index in [9.17, 15) is 9.59 Å². The van der Waals surface area contributed by atoms with Crippen LogP contribution in [-0.4, -0.2) is 23.9 Å². The summed E-state index contributed by atoms with van der Waals surface area (Å²) < 4.78 is 6.52. The smallest absolute Gasteiger partial charge is 0.262 e. The molecule has 0 bridgehead atoms. The molecule has 0 fully saturated rings. The van der Waals surface area contributed by atoms with Crippen LogP contribution in [0.1, 0.15) is 20.7 Å². The van der Waals surface area contributed by atoms with Crippen LogP contribution in [0, 0.1) is 0 Å². The van der Waals surface area contributed by atoms with Crippen molar-refractivity contribution < 1.29 is 14.3 Å². The molecule has 0 amide bonds. The van der Waals surface area contributed by atoms with E-state index in [-0.39, 0.29) is 5.91 Å². The molecule has 4 nitrogen and oxygen atoms in total. The van der Waals surface area contributed by atoms with Crippen molar-refractivity contribution in [3.63, 3.8) is 0 Å². The zero-order valence-electron chi connectivity index (χ0n) is 11.7. The predicted octanol–water partition coefficient (Wildman–Crippen LogP) is 3.80. The highest BCUT2D eigenvalue weighted by atomic mass is 35.5. The Morgan fingerprint density at radius 2 is 1.91 bits per heavy atom. The zero-order chi connectivity index (χ0) is 15.7. The average molecular weight is 314 g/mol. The first-order valence-corrected chi connectivity index (χ1v) is 6.97. The quantitative estimate of drug-likeness (QED) is 0.691. The van der Waals surface area contributed by atoms with Crippen molar-refractivity contribution in [3.8, 4) is 5.75 Å². The Balaban J connectivity index is 2.15. The van der Waals surface area contributed by atoms with Gasteiger partial charge in [0.15, 0.2) is 6.29 Å². The van der Waals surface area contributed by atoms with Crippen molar-refractivity contribution in [2.75, 3.05) is 7.11 Å². The molecule has 2 aromatic carbocycles. The van der Waals surface area contributed by atoms with E-state index in [1.165, 1.54) is 10.8 Å². The summed E-state index contributed by atoms with van der Waals surface area (Å²) in [5.41, 5.74) is 1.49. The summed E-state index contributed by atoms with van der Waals surface area (Å²) in [6.07, 6.45) is 2.21. The van der Waals surface area contributed by atoms with Crippen LogP contribution in [0.2, 0.25) is 5.02 Å². The molecule has 5 heteroatoms. The van der Waals surface area contributed by atoms with Crippen LogP contribution in [0.4, 0.5) is 0 Å². The third-order valence-electron chi connectivity index (χ3n) is 3.49. The molecule has 0 spiro atoms. The zero-order valence-corrected chi connectivity index (χ0v) is 12.5. The Morgan fingerprint density at radius 1 is 1.18 bits per heavy atom. The number of aldehydes is 1. The Morgan fingerprint density at radius 3 is 2.55 bits per heavy atom. The van der Waals surface area contributed by atoms with Gasteiger partial charge in [0, 0.05) is 22.7 Å². The second kappa shape index (κ2) is 5.66. The van der Waals surface area contributed by atoms with E-state index in [0.717, 1.165) is 0 Å². The van der Waals surface area contributed by atoms with Gasteiger partial charge in [-0.15, -0.1) is 0 Å². The van der Waals surface area contributed by atoms with Gasteiger partial charge in [-0.25, -0.2) is 0 Å². The fraction of sp³-hybridized carbons (Fsp3) is 0.0588. The molecule has 0 N–H and O–H groups in total. The maximum atomic E-state index is 12.7. The molecule has 3 rings (SSSR count). The minimum Gasteiger partial charge on any atom is -0.497 e. The predicted molar refractivity (Wildman–Crippen MR) is 85.1 cm³/mol. The van der Waals surface area contributed by atoms with E-state index in [0.29, 0.717) is 39.1 Å². The Hall–Kier alpha value is -2.59. The summed E-state index contributed by atoms with van der Waals surface area (Å²) >= 11 is 6.14. The monoisotopic (exact) mass is 313 g/mol. The van der Waals surface area contributed by atoms with Gasteiger partial charge in [0.1, 0.15) is 5.75 Å². The highest BCUT2D eigenvalue weighted by molar-refractivity contribution is 6.36. The van der Waals surface area contributed by atoms with Crippen LogP contribution >= 0.6 is 11.6 Å². The molecule has 0 unspecified atom stereocenters. The molecule has 0 saturated carbocycles. The number of rotatable bonds is 3. The van der Waals surface area contributed by atoms with Gasteiger partial charge in [-0.1, -0.05) is 17.7 Å². The lowest BCUT2D eigenvalue weighted by Gasteiger charge is -2.05. The van der Waals surface area contributed by atoms with Gasteiger partial charge in [-0.05, 0) is 36.4 Å². The topological polar surface area (TPSA) is 48.3 Å². The number of methoxy groups -OCH3 is 1. The van der Waals surface area contributed by atoms with Gasteiger partial charge >= 0.3 is 0 Å². The van der Waals surface area contributed by atoms with Gasteiger partial charge in [-0.2, -0.15) is 0 Å². The summed E-state index contributed by atoms with van der Waals surface area (Å²) in [6, 6.07) is 12.0. The SMILES string of the molecule is COc1ccc(C(=O)n2cc(C=O)c3c(Cl)cccc32)cc1. The van der Waals surface area contributed by atoms with Crippen molar-refractivity contribution >= 4 is 34.7 Å². The first-order valence-electron chi connectivity index (χ1n) is 6.59. The lowest BCUT2D eigenvalue weighted by Crippen LogP contribution is -2.10. The molecule has 22 heavy (non-hydrogen) atoms. The first-order chi connectivity index (χ1) is 10.7. The van der Waals surface area contributed by atoms with Crippen LogP contribution in [0.5, 0.6) is 5.75 Å². The number of carbonyl (C=O) groups excluding carboxylic acids is 2. The number of benzene rings is 2. The van der Waals surface area contributed by atoms with E-state index >= 15 is 0 Å². The molecular weight excluding hydrogens is 302 g/mol. The number of hydrogen-bond acceptors (Lipinski definition) is 3. The van der Waals surface area contributed by atoms with E-state index in [4.69, 9.17) is 16.3 Å². The van der Waals surface area contributed by atoms with Crippen LogP contribution in [0.3, 0.4) is 0 Å². The van der Waals surface area contributed by atoms with E-state index < -0.39 is 0 Å². The number of nitrogens with zero attached hydrogens (tertiary/aromatic N) is 1. The van der Waals surface area contributed by atoms with Crippen molar-refractivity contribution in [1.82, 2.24) is 4.57 Å². The summed E-state index contributed by atoms with van der Waals surface area (Å²) in [5, 5.41) is 1.03. The lowest BCUT2D eigenvalue weighted by molar-refractivity contribution is 0.0965. The number of fused-ring (bicyclic) bond motifs is 1. The molecule has 0 atom stereocenters. The van der Waals surface area contributed by atoms with Crippen LogP contribution in [-0.2, 0) is 0 Å². The number of ether oxygens (including phenoxy) is 1. The van der Waals surface area contributed by atoms with Crippen molar-refractivity contribution in [3.05, 3.63) is 64.8 Å². The second-order valence-electron chi connectivity index (χ2n) is 4.74. The van der Waals surface area contributed by atoms with Gasteiger partial charge in [0.2, 0.25) is 0 Å². The number of halogens is 1. The van der Waals surface area contributed by atoms with Crippen molar-refractivity contribution in [2.24, 2.45) is 0 Å². The molecular formula is C17H12ClNO3. The van der Waals surface area contributed by atoms with Crippen LogP contribution < -0.4 is 4.74 Å². The van der Waals surface area contributed by atoms with E-state index in [1.54, 1.807) is 49.6 Å². The second-order valence-corrected chi connectivity index (χ2v) is 5.15. The van der Waals surface area contributed by atoms with Gasteiger partial charge in [0.05, 0.1) is 17.6 Å². The molecule has 0 aliphatic carbocycles. The maximum absolute atomic E-state index is 12.7. The molecule has 110 valence electrons. The number of aromatic nitrogens is 1. The number of hydrogen-bond donors (Lipinski definition) is 0. The fourth-order valence-electron chi connectivity index (χ4n) is 2.40. The fourth-order valence-corrected chi connectivity index (χ4v) is 2.68. The molecule has 1 heterocycles. The van der Waals surface area contributed by atoms with E-state index in [2.05, 4.69) is 0 Å². The highest BCUT2D eigenvalue weighted by Crippen LogP contribution is 2.28. The lowest BCUT2D eigenvalue weighted by atomic mass is 10.2. The molecule has 0 radical (unpaired) electrons. The summed E-state index contributed by atoms with van der Waals surface area (Å²) in [6.45, 7) is 0. The van der Waals surface area contributed by atoms with Crippen molar-refractivity contribution in [2.45, 2.75) is 0 Å². The normalized spacial score (nSPS) is 10.6. The maximum Gasteiger partial charge on any atom is 0.262 e. The Bertz CT molecular complexity index is 865. The average Bonchev–Trinajstić information content (AvgIpc) is 2.94. The molecule has 0 saturated heterocycles. The van der Waals surface area contributed by atoms with E-state index in [1.807, 2.05) is 0 Å². The minimum absolute atomic E-state index is 0.233. The van der Waals surface area contributed by atoms with Crippen LogP contribution in [0.25, 0.3) is 10.9 Å². The minimum atomic E-state index is -0.233. The summed E-state index contributed by atoms with van der Waals surface area (Å²) in [7, 11) is 1.56. The third-order valence-corrected chi connectivity index (χ3v) is 3.81. The van der Waals surface area contributed by atoms with Crippen LogP contribution in [0.15, 0.2) is 48.7 Å². The Kier molecular flexibility index (Phi) is 3.69. The van der Waals surface area contributed by atoms with Gasteiger partial charge in [0.25, 0.3) is 5.91 Å². The van der Waals surface area contributed by atoms with Crippen molar-refractivity contribution in [1.29, 1.82) is 0 Å². The van der Waals surface area contributed by atoms with Gasteiger partial charge in [-0.3, -0.25) is 14.2 Å². The highest BCUT2D eigenvalue weighted by Gasteiger charge is 2.16. The molecule has 3 aromatic rings. The molecule has 0 aliphatic heterocycles. The molecule has 1 aromatic heterocycles. The summed E-state index contributed by atoms with van der Waals surface area (Å²) in [5.74, 6) is 0.438. The summed E-state index contributed by atoms with van der Waals surface area (Å²) in [4.78, 5) is 23.9. The Labute approximate surface area is 131 Å².